The molecule has 0 aromatic rings. The number of carbonyl (C=O) groups is 1. The van der Waals surface area contributed by atoms with Crippen LogP contribution in [0.2, 0.25) is 0 Å². The van der Waals surface area contributed by atoms with Crippen LogP contribution in [0.1, 0.15) is 144 Å². The molecule has 3 nitrogen and oxygen atoms in total. The second-order valence-electron chi connectivity index (χ2n) is 10.4. The fourth-order valence-corrected chi connectivity index (χ4v) is 4.61. The van der Waals surface area contributed by atoms with Crippen molar-refractivity contribution in [3.05, 3.63) is 0 Å². The number of hydrogen-bond acceptors (Lipinski definition) is 2. The molecular weight excluding hydrogens is 358 g/mol. The molecule has 2 atom stereocenters. The van der Waals surface area contributed by atoms with Crippen molar-refractivity contribution in [1.29, 1.82) is 0 Å². The molecule has 0 unspecified atom stereocenters. The first-order chi connectivity index (χ1) is 13.8. The minimum atomic E-state index is -0.408. The lowest BCUT2D eigenvalue weighted by molar-refractivity contribution is -0.00430. The second-order valence-corrected chi connectivity index (χ2v) is 10.4. The third-order valence-electron chi connectivity index (χ3n) is 6.27. The molecule has 0 N–H and O–H groups in total. The van der Waals surface area contributed by atoms with Gasteiger partial charge in [0.1, 0.15) is 5.60 Å². The SMILES string of the molecule is CCCCCCCCCCCCCCC[C@H]1CCC[C@@H](C)N1C(=O)OC(C)(C)C. The lowest BCUT2D eigenvalue weighted by atomic mass is 9.93. The highest BCUT2D eigenvalue weighted by molar-refractivity contribution is 5.69. The van der Waals surface area contributed by atoms with Crippen molar-refractivity contribution in [1.82, 2.24) is 4.90 Å². The number of carbonyl (C=O) groups excluding carboxylic acids is 1. The van der Waals surface area contributed by atoms with E-state index < -0.39 is 5.60 Å². The van der Waals surface area contributed by atoms with Gasteiger partial charge in [-0.3, -0.25) is 0 Å². The minimum Gasteiger partial charge on any atom is -0.444 e. The largest absolute Gasteiger partial charge is 0.444 e. The quantitative estimate of drug-likeness (QED) is 0.269. The Hall–Kier alpha value is -0.730. The Labute approximate surface area is 182 Å². The fourth-order valence-electron chi connectivity index (χ4n) is 4.61. The van der Waals surface area contributed by atoms with Crippen molar-refractivity contribution < 1.29 is 9.53 Å². The molecule has 29 heavy (non-hydrogen) atoms. The fraction of sp³-hybridized carbons (Fsp3) is 0.962. The van der Waals surface area contributed by atoms with Gasteiger partial charge in [0, 0.05) is 12.1 Å². The van der Waals surface area contributed by atoms with Crippen LogP contribution < -0.4 is 0 Å². The van der Waals surface area contributed by atoms with Crippen molar-refractivity contribution in [2.75, 3.05) is 0 Å². The van der Waals surface area contributed by atoms with Gasteiger partial charge in [0.05, 0.1) is 0 Å². The van der Waals surface area contributed by atoms with Crippen molar-refractivity contribution in [3.63, 3.8) is 0 Å². The third-order valence-corrected chi connectivity index (χ3v) is 6.27. The number of likely N-dealkylation sites (tertiary alicyclic amines) is 1. The number of ether oxygens (including phenoxy) is 1. The zero-order valence-corrected chi connectivity index (χ0v) is 20.4. The number of piperidine rings is 1. The molecule has 3 heteroatoms. The highest BCUT2D eigenvalue weighted by atomic mass is 16.6. The standard InChI is InChI=1S/C26H51NO2/c1-6-7-8-9-10-11-12-13-14-15-16-17-18-21-24-22-19-20-23(2)27(24)25(28)29-26(3,4)5/h23-24H,6-22H2,1-5H3/t23-,24+/m1/s1. The van der Waals surface area contributed by atoms with Gasteiger partial charge in [-0.15, -0.1) is 0 Å². The Bertz CT molecular complexity index is 415. The predicted octanol–water partition coefficient (Wildman–Crippen LogP) is 8.65. The summed E-state index contributed by atoms with van der Waals surface area (Å²) in [5, 5.41) is 0. The maximum Gasteiger partial charge on any atom is 0.410 e. The average molecular weight is 410 g/mol. The maximum absolute atomic E-state index is 12.7. The van der Waals surface area contributed by atoms with E-state index in [-0.39, 0.29) is 6.09 Å². The van der Waals surface area contributed by atoms with Gasteiger partial charge >= 0.3 is 6.09 Å². The van der Waals surface area contributed by atoms with Crippen molar-refractivity contribution in [2.24, 2.45) is 0 Å². The van der Waals surface area contributed by atoms with Gasteiger partial charge in [0.15, 0.2) is 0 Å². The monoisotopic (exact) mass is 409 g/mol. The van der Waals surface area contributed by atoms with Crippen LogP contribution in [0.4, 0.5) is 4.79 Å². The van der Waals surface area contributed by atoms with E-state index in [2.05, 4.69) is 18.7 Å². The summed E-state index contributed by atoms with van der Waals surface area (Å²) >= 11 is 0. The van der Waals surface area contributed by atoms with Crippen LogP contribution in [0.25, 0.3) is 0 Å². The molecule has 0 spiro atoms. The van der Waals surface area contributed by atoms with Gasteiger partial charge in [-0.2, -0.15) is 0 Å². The van der Waals surface area contributed by atoms with Crippen molar-refractivity contribution in [3.8, 4) is 0 Å². The zero-order chi connectivity index (χ0) is 21.5. The van der Waals surface area contributed by atoms with Crippen LogP contribution in [0, 0.1) is 0 Å². The van der Waals surface area contributed by atoms with Crippen LogP contribution in [-0.4, -0.2) is 28.7 Å². The first-order valence-electron chi connectivity index (χ1n) is 12.9. The van der Waals surface area contributed by atoms with E-state index in [9.17, 15) is 4.79 Å². The zero-order valence-electron chi connectivity index (χ0n) is 20.4. The summed E-state index contributed by atoms with van der Waals surface area (Å²) < 4.78 is 5.68. The first kappa shape index (κ1) is 26.3. The molecule has 0 radical (unpaired) electrons. The number of unbranched alkanes of at least 4 members (excludes halogenated alkanes) is 12. The second kappa shape index (κ2) is 15.1. The molecule has 1 fully saturated rings. The molecule has 1 heterocycles. The Morgan fingerprint density at radius 1 is 0.828 bits per heavy atom. The van der Waals surface area contributed by atoms with E-state index in [1.165, 1.54) is 89.9 Å². The van der Waals surface area contributed by atoms with E-state index in [4.69, 9.17) is 4.74 Å². The van der Waals surface area contributed by atoms with Gasteiger partial charge in [0.2, 0.25) is 0 Å². The van der Waals surface area contributed by atoms with Crippen LogP contribution in [0.15, 0.2) is 0 Å². The molecule has 0 aromatic carbocycles. The molecule has 172 valence electrons. The summed E-state index contributed by atoms with van der Waals surface area (Å²) in [6.45, 7) is 10.3. The van der Waals surface area contributed by atoms with E-state index in [0.29, 0.717) is 12.1 Å². The van der Waals surface area contributed by atoms with Crippen LogP contribution in [-0.2, 0) is 4.74 Å². The highest BCUT2D eigenvalue weighted by Gasteiger charge is 2.34. The molecule has 1 rings (SSSR count). The van der Waals surface area contributed by atoms with Crippen molar-refractivity contribution >= 4 is 6.09 Å². The number of amides is 1. The number of nitrogens with zero attached hydrogens (tertiary/aromatic N) is 1. The molecule has 1 aliphatic heterocycles. The maximum atomic E-state index is 12.7. The summed E-state index contributed by atoms with van der Waals surface area (Å²) in [5.74, 6) is 0. The van der Waals surface area contributed by atoms with Gasteiger partial charge in [-0.1, -0.05) is 90.4 Å². The van der Waals surface area contributed by atoms with E-state index in [0.717, 1.165) is 19.3 Å². The number of hydrogen-bond donors (Lipinski definition) is 0. The molecule has 0 aliphatic carbocycles. The topological polar surface area (TPSA) is 29.5 Å². The molecule has 1 aliphatic rings. The molecule has 0 bridgehead atoms. The summed E-state index contributed by atoms with van der Waals surface area (Å²) in [7, 11) is 0. The third kappa shape index (κ3) is 12.5. The van der Waals surface area contributed by atoms with E-state index >= 15 is 0 Å². The molecule has 0 saturated carbocycles. The smallest absolute Gasteiger partial charge is 0.410 e. The van der Waals surface area contributed by atoms with Crippen LogP contribution in [0.5, 0.6) is 0 Å². The normalized spacial score (nSPS) is 20.1. The van der Waals surface area contributed by atoms with Crippen molar-refractivity contribution in [2.45, 2.75) is 161 Å². The van der Waals surface area contributed by atoms with E-state index in [1.54, 1.807) is 0 Å². The van der Waals surface area contributed by atoms with Crippen LogP contribution >= 0.6 is 0 Å². The summed E-state index contributed by atoms with van der Waals surface area (Å²) in [6, 6.07) is 0.687. The Morgan fingerprint density at radius 2 is 1.31 bits per heavy atom. The van der Waals surface area contributed by atoms with Gasteiger partial charge in [0.25, 0.3) is 0 Å². The van der Waals surface area contributed by atoms with E-state index in [1.807, 2.05) is 20.8 Å². The predicted molar refractivity (Wildman–Crippen MR) is 125 cm³/mol. The lowest BCUT2D eigenvalue weighted by Crippen LogP contribution is -2.50. The van der Waals surface area contributed by atoms with Gasteiger partial charge in [-0.25, -0.2) is 4.79 Å². The van der Waals surface area contributed by atoms with Crippen LogP contribution in [0.3, 0.4) is 0 Å². The number of rotatable bonds is 14. The molecule has 0 aromatic heterocycles. The summed E-state index contributed by atoms with van der Waals surface area (Å²) in [5.41, 5.74) is -0.408. The average Bonchev–Trinajstić information content (AvgIpc) is 2.64. The molecule has 1 amide bonds. The van der Waals surface area contributed by atoms with Gasteiger partial charge in [-0.05, 0) is 53.4 Å². The molecular formula is C26H51NO2. The molecule has 1 saturated heterocycles. The Kier molecular flexibility index (Phi) is 13.7. The Balaban J connectivity index is 2.10. The Morgan fingerprint density at radius 3 is 1.79 bits per heavy atom. The lowest BCUT2D eigenvalue weighted by Gasteiger charge is -2.41. The summed E-state index contributed by atoms with van der Waals surface area (Å²) in [6.07, 6.45) is 22.6. The van der Waals surface area contributed by atoms with Gasteiger partial charge < -0.3 is 9.64 Å². The summed E-state index contributed by atoms with van der Waals surface area (Å²) in [4.78, 5) is 14.7. The highest BCUT2D eigenvalue weighted by Crippen LogP contribution is 2.28. The first-order valence-corrected chi connectivity index (χ1v) is 12.9. The minimum absolute atomic E-state index is 0.107.